The lowest BCUT2D eigenvalue weighted by atomic mass is 10.2. The predicted molar refractivity (Wildman–Crippen MR) is 84.4 cm³/mol. The van der Waals surface area contributed by atoms with Crippen molar-refractivity contribution in [1.82, 2.24) is 4.98 Å². The fraction of sp³-hybridized carbons (Fsp3) is 0.286. The highest BCUT2D eigenvalue weighted by Crippen LogP contribution is 2.23. The second kappa shape index (κ2) is 7.05. The van der Waals surface area contributed by atoms with Crippen LogP contribution < -0.4 is 4.72 Å². The van der Waals surface area contributed by atoms with Crippen LogP contribution in [0.2, 0.25) is 0 Å². The Morgan fingerprint density at radius 2 is 2.17 bits per heavy atom. The molecule has 1 aromatic carbocycles. The zero-order chi connectivity index (χ0) is 17.0. The molecular formula is C14H15FN2O4S2. The zero-order valence-electron chi connectivity index (χ0n) is 12.5. The van der Waals surface area contributed by atoms with E-state index in [0.29, 0.717) is 11.3 Å². The second-order valence-electron chi connectivity index (χ2n) is 4.64. The number of halogens is 1. The number of aryl methyl sites for hydroxylation is 1. The lowest BCUT2D eigenvalue weighted by Gasteiger charge is -2.08. The summed E-state index contributed by atoms with van der Waals surface area (Å²) in [6.45, 7) is 3.53. The van der Waals surface area contributed by atoms with Gasteiger partial charge in [0.05, 0.1) is 23.6 Å². The normalized spacial score (nSPS) is 11.3. The van der Waals surface area contributed by atoms with E-state index in [1.54, 1.807) is 19.2 Å². The molecule has 0 aliphatic rings. The quantitative estimate of drug-likeness (QED) is 0.802. The lowest BCUT2D eigenvalue weighted by molar-refractivity contribution is -0.142. The first-order chi connectivity index (χ1) is 10.8. The Bertz CT molecular complexity index is 818. The number of thiazole rings is 1. The highest BCUT2D eigenvalue weighted by atomic mass is 32.2. The average molecular weight is 358 g/mol. The van der Waals surface area contributed by atoms with E-state index in [1.807, 2.05) is 0 Å². The third-order valence-electron chi connectivity index (χ3n) is 2.84. The van der Waals surface area contributed by atoms with Gasteiger partial charge in [0.25, 0.3) is 10.0 Å². The molecule has 0 saturated carbocycles. The molecule has 0 atom stereocenters. The molecule has 124 valence electrons. The van der Waals surface area contributed by atoms with Crippen molar-refractivity contribution < 1.29 is 22.3 Å². The maximum atomic E-state index is 13.3. The molecule has 23 heavy (non-hydrogen) atoms. The topological polar surface area (TPSA) is 85.4 Å². The molecule has 0 fully saturated rings. The summed E-state index contributed by atoms with van der Waals surface area (Å²) in [5.74, 6) is -1.08. The molecule has 2 rings (SSSR count). The fourth-order valence-corrected chi connectivity index (χ4v) is 4.05. The number of sulfonamides is 1. The van der Waals surface area contributed by atoms with Crippen LogP contribution >= 0.6 is 11.3 Å². The Labute approximate surface area is 137 Å². The number of esters is 1. The largest absolute Gasteiger partial charge is 0.466 e. The van der Waals surface area contributed by atoms with Crippen molar-refractivity contribution in [3.63, 3.8) is 0 Å². The molecule has 1 aromatic heterocycles. The van der Waals surface area contributed by atoms with Gasteiger partial charge in [-0.1, -0.05) is 6.07 Å². The molecule has 0 radical (unpaired) electrons. The van der Waals surface area contributed by atoms with Crippen molar-refractivity contribution in [3.8, 4) is 0 Å². The van der Waals surface area contributed by atoms with Gasteiger partial charge >= 0.3 is 5.97 Å². The molecular weight excluding hydrogens is 343 g/mol. The van der Waals surface area contributed by atoms with Gasteiger partial charge in [-0.2, -0.15) is 0 Å². The van der Waals surface area contributed by atoms with Crippen LogP contribution in [0.3, 0.4) is 0 Å². The predicted octanol–water partition coefficient (Wildman–Crippen LogP) is 2.50. The summed E-state index contributed by atoms with van der Waals surface area (Å²) in [5, 5.41) is 1.67. The fourth-order valence-electron chi connectivity index (χ4n) is 1.83. The van der Waals surface area contributed by atoms with Crippen molar-refractivity contribution in [2.45, 2.75) is 25.2 Å². The molecule has 1 N–H and O–H groups in total. The second-order valence-corrected chi connectivity index (χ2v) is 7.15. The molecule has 0 bridgehead atoms. The van der Waals surface area contributed by atoms with Gasteiger partial charge in [0.2, 0.25) is 0 Å². The average Bonchev–Trinajstić information content (AvgIpc) is 2.88. The minimum absolute atomic E-state index is 0.0366. The summed E-state index contributed by atoms with van der Waals surface area (Å²) >= 11 is 1.04. The van der Waals surface area contributed by atoms with E-state index >= 15 is 0 Å². The number of hydrogen-bond acceptors (Lipinski definition) is 6. The number of carbonyl (C=O) groups is 1. The molecule has 2 aromatic rings. The number of nitrogens with one attached hydrogen (secondary N) is 1. The standard InChI is InChI=1S/C14H15FN2O4S2/c1-3-21-13(18)7-11-8-22-14(16-11)17-23(19,20)12-6-10(15)5-4-9(12)2/h4-6,8H,3,7H2,1-2H3,(H,16,17). The van der Waals surface area contributed by atoms with E-state index in [9.17, 15) is 17.6 Å². The van der Waals surface area contributed by atoms with Crippen LogP contribution in [0.15, 0.2) is 28.5 Å². The molecule has 0 amide bonds. The van der Waals surface area contributed by atoms with Gasteiger partial charge in [-0.15, -0.1) is 11.3 Å². The number of benzene rings is 1. The number of anilines is 1. The molecule has 6 nitrogen and oxygen atoms in total. The summed E-state index contributed by atoms with van der Waals surface area (Å²) in [4.78, 5) is 15.2. The first-order valence-corrected chi connectivity index (χ1v) is 9.07. The molecule has 9 heteroatoms. The van der Waals surface area contributed by atoms with E-state index in [2.05, 4.69) is 9.71 Å². The van der Waals surface area contributed by atoms with E-state index in [4.69, 9.17) is 4.74 Å². The van der Waals surface area contributed by atoms with E-state index in [-0.39, 0.29) is 23.1 Å². The van der Waals surface area contributed by atoms with Gasteiger partial charge in [-0.3, -0.25) is 9.52 Å². The van der Waals surface area contributed by atoms with Gasteiger partial charge in [0.15, 0.2) is 5.13 Å². The number of rotatable bonds is 6. The van der Waals surface area contributed by atoms with Crippen molar-refractivity contribution in [2.24, 2.45) is 0 Å². The van der Waals surface area contributed by atoms with Crippen molar-refractivity contribution in [1.29, 1.82) is 0 Å². The SMILES string of the molecule is CCOC(=O)Cc1csc(NS(=O)(=O)c2cc(F)ccc2C)n1. The summed E-state index contributed by atoms with van der Waals surface area (Å²) < 4.78 is 45.0. The Balaban J connectivity index is 2.17. The minimum Gasteiger partial charge on any atom is -0.466 e. The summed E-state index contributed by atoms with van der Waals surface area (Å²) in [6.07, 6.45) is -0.0366. The minimum atomic E-state index is -3.95. The monoisotopic (exact) mass is 358 g/mol. The van der Waals surface area contributed by atoms with Crippen LogP contribution in [-0.4, -0.2) is 26.0 Å². The number of hydrogen-bond donors (Lipinski definition) is 1. The number of nitrogens with zero attached hydrogens (tertiary/aromatic N) is 1. The van der Waals surface area contributed by atoms with Crippen LogP contribution in [0.1, 0.15) is 18.2 Å². The Morgan fingerprint density at radius 3 is 2.87 bits per heavy atom. The third kappa shape index (κ3) is 4.49. The maximum Gasteiger partial charge on any atom is 0.311 e. The van der Waals surface area contributed by atoms with Crippen LogP contribution in [0.25, 0.3) is 0 Å². The molecule has 0 aliphatic carbocycles. The van der Waals surface area contributed by atoms with E-state index in [1.165, 1.54) is 12.1 Å². The summed E-state index contributed by atoms with van der Waals surface area (Å²) in [5.41, 5.74) is 0.823. The van der Waals surface area contributed by atoms with Crippen LogP contribution in [0, 0.1) is 12.7 Å². The Kier molecular flexibility index (Phi) is 5.32. The van der Waals surface area contributed by atoms with Crippen molar-refractivity contribution in [3.05, 3.63) is 40.7 Å². The lowest BCUT2D eigenvalue weighted by Crippen LogP contribution is -2.14. The number of ether oxygens (including phenoxy) is 1. The first-order valence-electron chi connectivity index (χ1n) is 6.71. The highest BCUT2D eigenvalue weighted by molar-refractivity contribution is 7.93. The molecule has 0 spiro atoms. The van der Waals surface area contributed by atoms with Gasteiger partial charge in [0, 0.05) is 5.38 Å². The molecule has 0 aliphatic heterocycles. The van der Waals surface area contributed by atoms with Gasteiger partial charge in [-0.05, 0) is 31.5 Å². The highest BCUT2D eigenvalue weighted by Gasteiger charge is 2.19. The van der Waals surface area contributed by atoms with Crippen molar-refractivity contribution >= 4 is 32.5 Å². The molecule has 0 saturated heterocycles. The molecule has 0 unspecified atom stereocenters. The van der Waals surface area contributed by atoms with Crippen LogP contribution in [-0.2, 0) is 26.0 Å². The zero-order valence-corrected chi connectivity index (χ0v) is 14.1. The number of carbonyl (C=O) groups excluding carboxylic acids is 1. The number of aromatic nitrogens is 1. The maximum absolute atomic E-state index is 13.3. The molecule has 1 heterocycles. The smallest absolute Gasteiger partial charge is 0.311 e. The Morgan fingerprint density at radius 1 is 1.43 bits per heavy atom. The summed E-state index contributed by atoms with van der Waals surface area (Å²) in [6, 6.07) is 3.53. The van der Waals surface area contributed by atoms with Crippen LogP contribution in [0.4, 0.5) is 9.52 Å². The van der Waals surface area contributed by atoms with E-state index in [0.717, 1.165) is 17.4 Å². The first kappa shape index (κ1) is 17.4. The van der Waals surface area contributed by atoms with Gasteiger partial charge in [-0.25, -0.2) is 17.8 Å². The van der Waals surface area contributed by atoms with E-state index < -0.39 is 21.8 Å². The summed E-state index contributed by atoms with van der Waals surface area (Å²) in [7, 11) is -3.95. The van der Waals surface area contributed by atoms with Gasteiger partial charge in [0.1, 0.15) is 5.82 Å². The Hall–Kier alpha value is -2.00. The van der Waals surface area contributed by atoms with Gasteiger partial charge < -0.3 is 4.74 Å². The van der Waals surface area contributed by atoms with Crippen LogP contribution in [0.5, 0.6) is 0 Å². The third-order valence-corrected chi connectivity index (χ3v) is 5.26. The van der Waals surface area contributed by atoms with Crippen molar-refractivity contribution in [2.75, 3.05) is 11.3 Å².